The van der Waals surface area contributed by atoms with Gasteiger partial charge in [-0.25, -0.2) is 10.1 Å². The molecule has 1 aromatic heterocycles. The Balaban J connectivity index is 1.66. The van der Waals surface area contributed by atoms with Crippen LogP contribution in [-0.4, -0.2) is 33.7 Å². The number of methoxy groups -OCH3 is 1. The number of carbonyl (C=O) groups is 1. The number of hydrogen-bond acceptors (Lipinski definition) is 5. The van der Waals surface area contributed by atoms with Crippen LogP contribution in [0.3, 0.4) is 0 Å². The zero-order valence-electron chi connectivity index (χ0n) is 13.4. The van der Waals surface area contributed by atoms with E-state index < -0.39 is 0 Å². The number of ether oxygens (including phenoxy) is 1. The molecular weight excluding hydrogens is 306 g/mol. The Bertz CT molecular complexity index is 883. The average molecular weight is 323 g/mol. The van der Waals surface area contributed by atoms with Crippen LogP contribution < -0.4 is 10.2 Å². The lowest BCUT2D eigenvalue weighted by atomic mass is 10.2. The lowest BCUT2D eigenvalue weighted by Crippen LogP contribution is -2.20. The van der Waals surface area contributed by atoms with Crippen LogP contribution in [0.1, 0.15) is 17.3 Å². The summed E-state index contributed by atoms with van der Waals surface area (Å²) in [6.45, 7) is 2.27. The van der Waals surface area contributed by atoms with Gasteiger partial charge in [-0.1, -0.05) is 17.3 Å². The smallest absolute Gasteiger partial charge is 0.271 e. The Hall–Kier alpha value is -3.22. The molecule has 0 saturated heterocycles. The van der Waals surface area contributed by atoms with Gasteiger partial charge in [-0.3, -0.25) is 4.79 Å². The topological polar surface area (TPSA) is 81.4 Å². The zero-order valence-corrected chi connectivity index (χ0v) is 13.4. The molecule has 0 bridgehead atoms. The van der Waals surface area contributed by atoms with Crippen LogP contribution in [-0.2, 0) is 6.54 Å². The van der Waals surface area contributed by atoms with Crippen molar-refractivity contribution in [1.82, 2.24) is 20.4 Å². The Morgan fingerprint density at radius 2 is 1.96 bits per heavy atom. The molecule has 24 heavy (non-hydrogen) atoms. The van der Waals surface area contributed by atoms with Crippen molar-refractivity contribution in [1.29, 1.82) is 0 Å². The molecule has 3 aromatic rings. The van der Waals surface area contributed by atoms with E-state index in [1.165, 1.54) is 0 Å². The summed E-state index contributed by atoms with van der Waals surface area (Å²) in [5, 5.41) is 12.3. The summed E-state index contributed by atoms with van der Waals surface area (Å²) in [7, 11) is 1.58. The number of para-hydroxylation sites is 1. The van der Waals surface area contributed by atoms with Gasteiger partial charge >= 0.3 is 0 Å². The highest BCUT2D eigenvalue weighted by atomic mass is 16.5. The van der Waals surface area contributed by atoms with Crippen molar-refractivity contribution < 1.29 is 9.53 Å². The number of amides is 1. The third-order valence-electron chi connectivity index (χ3n) is 3.50. The first-order valence-corrected chi connectivity index (χ1v) is 7.43. The fourth-order valence-corrected chi connectivity index (χ4v) is 2.24. The lowest BCUT2D eigenvalue weighted by molar-refractivity contribution is 0.0954. The van der Waals surface area contributed by atoms with E-state index in [4.69, 9.17) is 4.74 Å². The molecule has 1 amide bonds. The predicted octanol–water partition coefficient (Wildman–Crippen LogP) is 2.25. The van der Waals surface area contributed by atoms with Gasteiger partial charge in [0.15, 0.2) is 0 Å². The van der Waals surface area contributed by atoms with Crippen LogP contribution in [0.4, 0.5) is 0 Å². The van der Waals surface area contributed by atoms with Crippen molar-refractivity contribution in [3.8, 4) is 5.75 Å². The van der Waals surface area contributed by atoms with E-state index in [1.54, 1.807) is 36.1 Å². The van der Waals surface area contributed by atoms with Gasteiger partial charge in [0.1, 0.15) is 11.3 Å². The van der Waals surface area contributed by atoms with E-state index in [1.807, 2.05) is 31.2 Å². The standard InChI is InChI=1S/C17H17N5O2/c1-12(11-22-16-6-4-3-5-15(16)19-21-22)18-20-17(23)13-7-9-14(24-2)10-8-13/h3-10H,11H2,1-2H3,(H,20,23). The van der Waals surface area contributed by atoms with Crippen LogP contribution in [0.15, 0.2) is 53.6 Å². The monoisotopic (exact) mass is 323 g/mol. The molecule has 0 radical (unpaired) electrons. The summed E-state index contributed by atoms with van der Waals surface area (Å²) in [6, 6.07) is 14.5. The number of hydrazone groups is 1. The van der Waals surface area contributed by atoms with E-state index in [-0.39, 0.29) is 5.91 Å². The van der Waals surface area contributed by atoms with Crippen molar-refractivity contribution >= 4 is 22.7 Å². The zero-order chi connectivity index (χ0) is 16.9. The number of aromatic nitrogens is 3. The summed E-state index contributed by atoms with van der Waals surface area (Å²) in [5.41, 5.74) is 5.52. The van der Waals surface area contributed by atoms with E-state index in [0.717, 1.165) is 11.0 Å². The summed E-state index contributed by atoms with van der Waals surface area (Å²) in [4.78, 5) is 12.1. The fraction of sp³-hybridized carbons (Fsp3) is 0.176. The third-order valence-corrected chi connectivity index (χ3v) is 3.50. The van der Waals surface area contributed by atoms with E-state index in [2.05, 4.69) is 20.8 Å². The SMILES string of the molecule is COc1ccc(C(=O)NN=C(C)Cn2nnc3ccccc32)cc1. The van der Waals surface area contributed by atoms with Crippen molar-refractivity contribution in [3.05, 3.63) is 54.1 Å². The molecular formula is C17H17N5O2. The van der Waals surface area contributed by atoms with Gasteiger partial charge in [0, 0.05) is 5.56 Å². The van der Waals surface area contributed by atoms with Gasteiger partial charge in [0.2, 0.25) is 0 Å². The summed E-state index contributed by atoms with van der Waals surface area (Å²) < 4.78 is 6.81. The molecule has 0 aliphatic carbocycles. The number of fused-ring (bicyclic) bond motifs is 1. The molecule has 1 heterocycles. The maximum atomic E-state index is 12.1. The van der Waals surface area contributed by atoms with Gasteiger partial charge in [0.05, 0.1) is 24.9 Å². The second-order valence-electron chi connectivity index (χ2n) is 5.25. The number of hydrogen-bond donors (Lipinski definition) is 1. The predicted molar refractivity (Wildman–Crippen MR) is 91.1 cm³/mol. The van der Waals surface area contributed by atoms with Crippen LogP contribution in [0.5, 0.6) is 5.75 Å². The number of rotatable bonds is 5. The molecule has 3 rings (SSSR count). The normalized spacial score (nSPS) is 11.5. The molecule has 0 aliphatic rings. The summed E-state index contributed by atoms with van der Waals surface area (Å²) >= 11 is 0. The van der Waals surface area contributed by atoms with Gasteiger partial charge in [-0.05, 0) is 43.3 Å². The minimum atomic E-state index is -0.277. The van der Waals surface area contributed by atoms with E-state index in [9.17, 15) is 4.79 Å². The highest BCUT2D eigenvalue weighted by Gasteiger charge is 2.07. The first kappa shape index (κ1) is 15.7. The first-order valence-electron chi connectivity index (χ1n) is 7.43. The summed E-state index contributed by atoms with van der Waals surface area (Å²) in [5.74, 6) is 0.421. The molecule has 1 N–H and O–H groups in total. The maximum Gasteiger partial charge on any atom is 0.271 e. The van der Waals surface area contributed by atoms with Gasteiger partial charge < -0.3 is 4.74 Å². The highest BCUT2D eigenvalue weighted by molar-refractivity contribution is 5.95. The van der Waals surface area contributed by atoms with Crippen molar-refractivity contribution in [2.75, 3.05) is 7.11 Å². The molecule has 0 aliphatic heterocycles. The van der Waals surface area contributed by atoms with Gasteiger partial charge in [0.25, 0.3) is 5.91 Å². The molecule has 0 atom stereocenters. The third kappa shape index (κ3) is 3.40. The summed E-state index contributed by atoms with van der Waals surface area (Å²) in [6.07, 6.45) is 0. The number of benzene rings is 2. The molecule has 122 valence electrons. The minimum absolute atomic E-state index is 0.277. The van der Waals surface area contributed by atoms with Crippen LogP contribution in [0, 0.1) is 0 Å². The fourth-order valence-electron chi connectivity index (χ4n) is 2.24. The van der Waals surface area contributed by atoms with Crippen molar-refractivity contribution in [2.45, 2.75) is 13.5 Å². The Morgan fingerprint density at radius 1 is 1.21 bits per heavy atom. The Kier molecular flexibility index (Phi) is 4.51. The van der Waals surface area contributed by atoms with Crippen LogP contribution in [0.25, 0.3) is 11.0 Å². The highest BCUT2D eigenvalue weighted by Crippen LogP contribution is 2.11. The molecule has 7 heteroatoms. The van der Waals surface area contributed by atoms with Crippen LogP contribution >= 0.6 is 0 Å². The number of nitrogens with zero attached hydrogens (tertiary/aromatic N) is 4. The molecule has 7 nitrogen and oxygen atoms in total. The average Bonchev–Trinajstić information content (AvgIpc) is 3.03. The van der Waals surface area contributed by atoms with E-state index >= 15 is 0 Å². The molecule has 0 unspecified atom stereocenters. The Morgan fingerprint density at radius 3 is 2.71 bits per heavy atom. The second kappa shape index (κ2) is 6.91. The van der Waals surface area contributed by atoms with Crippen molar-refractivity contribution in [2.24, 2.45) is 5.10 Å². The molecule has 2 aromatic carbocycles. The lowest BCUT2D eigenvalue weighted by Gasteiger charge is -2.04. The maximum absolute atomic E-state index is 12.1. The van der Waals surface area contributed by atoms with Gasteiger partial charge in [-0.2, -0.15) is 5.10 Å². The quantitative estimate of drug-likeness (QED) is 0.577. The van der Waals surface area contributed by atoms with E-state index in [0.29, 0.717) is 23.6 Å². The minimum Gasteiger partial charge on any atom is -0.497 e. The molecule has 0 fully saturated rings. The van der Waals surface area contributed by atoms with Gasteiger partial charge in [-0.15, -0.1) is 5.10 Å². The van der Waals surface area contributed by atoms with Crippen molar-refractivity contribution in [3.63, 3.8) is 0 Å². The Labute approximate surface area is 138 Å². The molecule has 0 saturated carbocycles. The second-order valence-corrected chi connectivity index (χ2v) is 5.25. The van der Waals surface area contributed by atoms with Crippen LogP contribution in [0.2, 0.25) is 0 Å². The largest absolute Gasteiger partial charge is 0.497 e. The number of nitrogens with one attached hydrogen (secondary N) is 1. The number of carbonyl (C=O) groups excluding carboxylic acids is 1. The first-order chi connectivity index (χ1) is 11.7. The molecule has 0 spiro atoms.